The van der Waals surface area contributed by atoms with Gasteiger partial charge in [-0.15, -0.1) is 0 Å². The fraction of sp³-hybridized carbons (Fsp3) is 0.208. The maximum atomic E-state index is 12.9. The topological polar surface area (TPSA) is 138 Å². The van der Waals surface area contributed by atoms with E-state index < -0.39 is 0 Å². The highest BCUT2D eigenvalue weighted by molar-refractivity contribution is 5.79. The van der Waals surface area contributed by atoms with Crippen LogP contribution in [0.2, 0.25) is 0 Å². The van der Waals surface area contributed by atoms with Gasteiger partial charge in [-0.2, -0.15) is 10.1 Å². The second-order valence-corrected chi connectivity index (χ2v) is 8.42. The van der Waals surface area contributed by atoms with Crippen molar-refractivity contribution < 1.29 is 4.74 Å². The van der Waals surface area contributed by atoms with E-state index in [1.807, 2.05) is 33.2 Å². The van der Waals surface area contributed by atoms with Gasteiger partial charge in [-0.1, -0.05) is 0 Å². The molecule has 0 saturated carbocycles. The minimum absolute atomic E-state index is 0.153. The standard InChI is InChI=1S/C24H24N10O2/c1-14(2)29-24-27-12-18(22(35)34(24)4)19-6-5-15-9-17(11-26-21(15)31-19)36-20-7-8-25-23(32-20)30-16-10-28-33(3)13-16/h5-14H,1-4H3,(H,27,29)(H,25,30,32). The van der Waals surface area contributed by atoms with Crippen LogP contribution in [-0.2, 0) is 14.1 Å². The van der Waals surface area contributed by atoms with E-state index in [2.05, 4.69) is 40.7 Å². The van der Waals surface area contributed by atoms with Gasteiger partial charge in [0.2, 0.25) is 17.8 Å². The van der Waals surface area contributed by atoms with Gasteiger partial charge in [-0.3, -0.25) is 14.0 Å². The Bertz CT molecular complexity index is 1610. The number of fused-ring (bicyclic) bond motifs is 1. The molecule has 0 bridgehead atoms. The molecule has 0 fully saturated rings. The minimum atomic E-state index is -0.195. The summed E-state index contributed by atoms with van der Waals surface area (Å²) < 4.78 is 9.05. The van der Waals surface area contributed by atoms with Crippen molar-refractivity contribution in [2.75, 3.05) is 10.6 Å². The summed E-state index contributed by atoms with van der Waals surface area (Å²) in [7, 11) is 3.50. The van der Waals surface area contributed by atoms with Crippen LogP contribution in [-0.4, -0.2) is 45.3 Å². The number of hydrogen-bond donors (Lipinski definition) is 2. The SMILES string of the molecule is CC(C)Nc1ncc(-c2ccc3cc(Oc4ccnc(Nc5cnn(C)c5)n4)cnc3n2)c(=O)n1C. The maximum absolute atomic E-state index is 12.9. The van der Waals surface area contributed by atoms with Gasteiger partial charge >= 0.3 is 0 Å². The third-order valence-electron chi connectivity index (χ3n) is 5.19. The van der Waals surface area contributed by atoms with Crippen LogP contribution in [0.5, 0.6) is 11.6 Å². The molecule has 0 aromatic carbocycles. The molecule has 0 radical (unpaired) electrons. The molecule has 0 unspecified atom stereocenters. The van der Waals surface area contributed by atoms with Crippen molar-refractivity contribution in [3.05, 3.63) is 65.6 Å². The number of ether oxygens (including phenoxy) is 1. The molecule has 0 saturated heterocycles. The zero-order chi connectivity index (χ0) is 25.2. The predicted octanol–water partition coefficient (Wildman–Crippen LogP) is 3.27. The van der Waals surface area contributed by atoms with Crippen molar-refractivity contribution in [1.82, 2.24) is 39.3 Å². The molecule has 0 amide bonds. The van der Waals surface area contributed by atoms with Gasteiger partial charge < -0.3 is 15.4 Å². The Hall–Kier alpha value is -4.87. The number of rotatable bonds is 7. The lowest BCUT2D eigenvalue weighted by Crippen LogP contribution is -2.25. The molecule has 182 valence electrons. The molecule has 5 aromatic heterocycles. The quantitative estimate of drug-likeness (QED) is 0.354. The van der Waals surface area contributed by atoms with Crippen molar-refractivity contribution >= 4 is 28.6 Å². The number of pyridine rings is 2. The minimum Gasteiger partial charge on any atom is -0.437 e. The van der Waals surface area contributed by atoms with E-state index in [0.29, 0.717) is 40.4 Å². The lowest BCUT2D eigenvalue weighted by atomic mass is 10.2. The van der Waals surface area contributed by atoms with Crippen molar-refractivity contribution in [3.63, 3.8) is 0 Å². The van der Waals surface area contributed by atoms with Gasteiger partial charge in [0.05, 0.1) is 29.3 Å². The van der Waals surface area contributed by atoms with E-state index in [-0.39, 0.29) is 11.6 Å². The normalized spacial score (nSPS) is 11.1. The molecule has 12 nitrogen and oxygen atoms in total. The Balaban J connectivity index is 1.37. The Morgan fingerprint density at radius 2 is 1.86 bits per heavy atom. The van der Waals surface area contributed by atoms with Crippen LogP contribution in [0.25, 0.3) is 22.3 Å². The van der Waals surface area contributed by atoms with E-state index in [1.54, 1.807) is 48.5 Å². The second-order valence-electron chi connectivity index (χ2n) is 8.42. The lowest BCUT2D eigenvalue weighted by Gasteiger charge is -2.13. The molecular weight excluding hydrogens is 460 g/mol. The Labute approximate surface area is 206 Å². The first-order valence-corrected chi connectivity index (χ1v) is 11.2. The van der Waals surface area contributed by atoms with Crippen molar-refractivity contribution in [1.29, 1.82) is 0 Å². The van der Waals surface area contributed by atoms with E-state index >= 15 is 0 Å². The molecule has 0 aliphatic heterocycles. The monoisotopic (exact) mass is 484 g/mol. The number of nitrogens with zero attached hydrogens (tertiary/aromatic N) is 8. The average Bonchev–Trinajstić information content (AvgIpc) is 3.26. The first-order valence-electron chi connectivity index (χ1n) is 11.2. The summed E-state index contributed by atoms with van der Waals surface area (Å²) in [6.07, 6.45) is 8.18. The molecule has 5 heterocycles. The molecule has 5 rings (SSSR count). The summed E-state index contributed by atoms with van der Waals surface area (Å²) in [6, 6.07) is 7.22. The average molecular weight is 485 g/mol. The molecule has 12 heteroatoms. The summed E-state index contributed by atoms with van der Waals surface area (Å²) in [5.74, 6) is 1.73. The number of anilines is 3. The van der Waals surface area contributed by atoms with Crippen LogP contribution in [0, 0.1) is 0 Å². The van der Waals surface area contributed by atoms with E-state index in [0.717, 1.165) is 11.1 Å². The third-order valence-corrected chi connectivity index (χ3v) is 5.19. The number of aromatic nitrogens is 8. The molecule has 5 aromatic rings. The summed E-state index contributed by atoms with van der Waals surface area (Å²) in [5, 5.41) is 11.1. The van der Waals surface area contributed by atoms with E-state index in [1.165, 1.54) is 10.8 Å². The van der Waals surface area contributed by atoms with Crippen LogP contribution >= 0.6 is 0 Å². The molecule has 2 N–H and O–H groups in total. The summed E-state index contributed by atoms with van der Waals surface area (Å²) in [4.78, 5) is 34.8. The molecule has 0 aliphatic rings. The fourth-order valence-corrected chi connectivity index (χ4v) is 3.50. The number of nitrogens with one attached hydrogen (secondary N) is 2. The first kappa shape index (κ1) is 22.9. The molecule has 0 spiro atoms. The zero-order valence-electron chi connectivity index (χ0n) is 20.2. The van der Waals surface area contributed by atoms with Crippen molar-refractivity contribution in [3.8, 4) is 22.9 Å². The maximum Gasteiger partial charge on any atom is 0.264 e. The third kappa shape index (κ3) is 4.82. The molecular formula is C24H24N10O2. The van der Waals surface area contributed by atoms with Gasteiger partial charge in [0.1, 0.15) is 5.75 Å². The summed E-state index contributed by atoms with van der Waals surface area (Å²) in [6.45, 7) is 3.97. The summed E-state index contributed by atoms with van der Waals surface area (Å²) in [5.41, 5.74) is 1.94. The Morgan fingerprint density at radius 1 is 1.00 bits per heavy atom. The van der Waals surface area contributed by atoms with Crippen LogP contribution in [0.3, 0.4) is 0 Å². The zero-order valence-corrected chi connectivity index (χ0v) is 20.2. The second kappa shape index (κ2) is 9.41. The highest BCUT2D eigenvalue weighted by atomic mass is 16.5. The van der Waals surface area contributed by atoms with E-state index in [4.69, 9.17) is 4.74 Å². The Kier molecular flexibility index (Phi) is 5.98. The number of aryl methyl sites for hydroxylation is 1. The lowest BCUT2D eigenvalue weighted by molar-refractivity contribution is 0.461. The van der Waals surface area contributed by atoms with Crippen molar-refractivity contribution in [2.45, 2.75) is 19.9 Å². The van der Waals surface area contributed by atoms with Crippen LogP contribution in [0.4, 0.5) is 17.6 Å². The first-order chi connectivity index (χ1) is 17.4. The molecule has 0 aliphatic carbocycles. The predicted molar refractivity (Wildman–Crippen MR) is 135 cm³/mol. The smallest absolute Gasteiger partial charge is 0.264 e. The molecule has 36 heavy (non-hydrogen) atoms. The molecule has 0 atom stereocenters. The highest BCUT2D eigenvalue weighted by Crippen LogP contribution is 2.25. The van der Waals surface area contributed by atoms with Crippen LogP contribution in [0.1, 0.15) is 13.8 Å². The Morgan fingerprint density at radius 3 is 2.64 bits per heavy atom. The van der Waals surface area contributed by atoms with Gasteiger partial charge in [0, 0.05) is 50.2 Å². The van der Waals surface area contributed by atoms with E-state index in [9.17, 15) is 4.79 Å². The van der Waals surface area contributed by atoms with Crippen LogP contribution < -0.4 is 20.9 Å². The largest absolute Gasteiger partial charge is 0.437 e. The van der Waals surface area contributed by atoms with Gasteiger partial charge in [-0.05, 0) is 32.0 Å². The van der Waals surface area contributed by atoms with Gasteiger partial charge in [-0.25, -0.2) is 19.9 Å². The fourth-order valence-electron chi connectivity index (χ4n) is 3.50. The van der Waals surface area contributed by atoms with Crippen LogP contribution in [0.15, 0.2) is 60.0 Å². The number of hydrogen-bond acceptors (Lipinski definition) is 10. The van der Waals surface area contributed by atoms with Gasteiger partial charge in [0.25, 0.3) is 5.56 Å². The summed E-state index contributed by atoms with van der Waals surface area (Å²) >= 11 is 0. The highest BCUT2D eigenvalue weighted by Gasteiger charge is 2.13. The van der Waals surface area contributed by atoms with Gasteiger partial charge in [0.15, 0.2) is 5.65 Å². The van der Waals surface area contributed by atoms with Crippen molar-refractivity contribution in [2.24, 2.45) is 14.1 Å².